The lowest BCUT2D eigenvalue weighted by molar-refractivity contribution is -0.189. The number of fused-ring (bicyclic) bond motifs is 1. The summed E-state index contributed by atoms with van der Waals surface area (Å²) >= 11 is 0. The van der Waals surface area contributed by atoms with Gasteiger partial charge in [-0.15, -0.1) is 0 Å². The fraction of sp³-hybridized carbons (Fsp3) is 0.458. The van der Waals surface area contributed by atoms with E-state index in [1.807, 2.05) is 12.1 Å². The van der Waals surface area contributed by atoms with Crippen LogP contribution in [0.2, 0.25) is 0 Å². The Morgan fingerprint density at radius 3 is 2.41 bits per heavy atom. The minimum atomic E-state index is -4.64. The van der Waals surface area contributed by atoms with E-state index < -0.39 is 28.0 Å². The van der Waals surface area contributed by atoms with Gasteiger partial charge >= 0.3 is 6.18 Å². The third-order valence-electron chi connectivity index (χ3n) is 6.31. The molecule has 0 aromatic heterocycles. The molecule has 2 aliphatic rings. The van der Waals surface area contributed by atoms with Crippen molar-refractivity contribution in [2.24, 2.45) is 0 Å². The zero-order valence-electron chi connectivity index (χ0n) is 18.9. The van der Waals surface area contributed by atoms with Gasteiger partial charge in [-0.1, -0.05) is 18.2 Å². The van der Waals surface area contributed by atoms with Gasteiger partial charge in [-0.2, -0.15) is 13.2 Å². The minimum Gasteiger partial charge on any atom is -0.480 e. The van der Waals surface area contributed by atoms with E-state index in [1.165, 1.54) is 10.5 Å². The number of hydrogen-bond acceptors (Lipinski definition) is 5. The standard InChI is InChI=1S/C24H26F3NO5S/c1-15(24(25,26)27)33-22-6-5-20(34(2,30)31)12-21(22)23(29)28-13-18-4-3-17(11-19(18)14-28)16-7-9-32-10-8-16/h3-6,11-12,15-16H,7-10,13-14H2,1-2H3/t15-/m0/s1/i2-1. The van der Waals surface area contributed by atoms with Crippen molar-refractivity contribution in [3.05, 3.63) is 58.7 Å². The van der Waals surface area contributed by atoms with E-state index in [2.05, 4.69) is 6.07 Å². The molecule has 4 rings (SSSR count). The van der Waals surface area contributed by atoms with Gasteiger partial charge in [-0.05, 0) is 60.6 Å². The van der Waals surface area contributed by atoms with Crippen molar-refractivity contribution in [1.29, 1.82) is 0 Å². The second-order valence-electron chi connectivity index (χ2n) is 8.81. The van der Waals surface area contributed by atoms with Crippen molar-refractivity contribution < 1.29 is 35.9 Å². The van der Waals surface area contributed by atoms with Crippen LogP contribution >= 0.6 is 0 Å². The molecule has 184 valence electrons. The Hall–Kier alpha value is -2.59. The number of halogens is 3. The monoisotopic (exact) mass is 496 g/mol. The van der Waals surface area contributed by atoms with Crippen molar-refractivity contribution in [2.75, 3.05) is 19.5 Å². The molecule has 2 heterocycles. The van der Waals surface area contributed by atoms with Crippen LogP contribution in [0.1, 0.15) is 52.7 Å². The van der Waals surface area contributed by atoms with Gasteiger partial charge in [0.2, 0.25) is 0 Å². The van der Waals surface area contributed by atoms with Crippen molar-refractivity contribution in [2.45, 2.75) is 55.9 Å². The van der Waals surface area contributed by atoms with E-state index in [4.69, 9.17) is 9.47 Å². The maximum absolute atomic E-state index is 13.4. The zero-order valence-corrected chi connectivity index (χ0v) is 19.7. The number of ether oxygens (including phenoxy) is 2. The van der Waals surface area contributed by atoms with Crippen molar-refractivity contribution >= 4 is 15.7 Å². The fourth-order valence-corrected chi connectivity index (χ4v) is 4.93. The van der Waals surface area contributed by atoms with Crippen molar-refractivity contribution in [3.63, 3.8) is 0 Å². The number of nitrogens with zero attached hydrogens (tertiary/aromatic N) is 1. The second kappa shape index (κ2) is 9.22. The summed E-state index contributed by atoms with van der Waals surface area (Å²) in [6.45, 7) is 2.81. The number of alkyl halides is 3. The summed E-state index contributed by atoms with van der Waals surface area (Å²) in [7, 11) is -3.69. The second-order valence-corrected chi connectivity index (χ2v) is 10.8. The lowest BCUT2D eigenvalue weighted by Gasteiger charge is -2.23. The maximum atomic E-state index is 13.4. The lowest BCUT2D eigenvalue weighted by atomic mass is 9.90. The summed E-state index contributed by atoms with van der Waals surface area (Å²) in [6, 6.07) is 9.44. The number of rotatable bonds is 5. The quantitative estimate of drug-likeness (QED) is 0.611. The molecule has 6 nitrogen and oxygen atoms in total. The molecule has 0 saturated carbocycles. The molecule has 1 saturated heterocycles. The molecule has 0 unspecified atom stereocenters. The van der Waals surface area contributed by atoms with E-state index in [-0.39, 0.29) is 29.3 Å². The Labute approximate surface area is 196 Å². The van der Waals surface area contributed by atoms with Crippen LogP contribution in [0.5, 0.6) is 5.75 Å². The first kappa shape index (κ1) is 24.5. The number of carbonyl (C=O) groups is 1. The number of hydrogen-bond donors (Lipinski definition) is 0. The Balaban J connectivity index is 1.61. The number of benzene rings is 2. The van der Waals surface area contributed by atoms with Crippen LogP contribution < -0.4 is 4.74 Å². The summed E-state index contributed by atoms with van der Waals surface area (Å²) in [6.07, 6.45) is -3.98. The summed E-state index contributed by atoms with van der Waals surface area (Å²) in [5.74, 6) is -0.501. The average molecular weight is 497 g/mol. The number of sulfone groups is 1. The van der Waals surface area contributed by atoms with Gasteiger partial charge in [0.1, 0.15) is 5.75 Å². The molecular formula is C24H26F3NO5S. The van der Waals surface area contributed by atoms with E-state index >= 15 is 0 Å². The van der Waals surface area contributed by atoms with Gasteiger partial charge in [0, 0.05) is 32.6 Å². The molecule has 34 heavy (non-hydrogen) atoms. The van der Waals surface area contributed by atoms with Gasteiger partial charge in [-0.3, -0.25) is 4.79 Å². The molecule has 2 aromatic rings. The van der Waals surface area contributed by atoms with Gasteiger partial charge in [0.25, 0.3) is 5.91 Å². The normalized spacial score (nSPS) is 18.0. The topological polar surface area (TPSA) is 72.9 Å². The third kappa shape index (κ3) is 5.22. The van der Waals surface area contributed by atoms with E-state index in [9.17, 15) is 26.4 Å². The van der Waals surface area contributed by atoms with Crippen LogP contribution in [0, 0.1) is 0 Å². The van der Waals surface area contributed by atoms with Crippen LogP contribution in [-0.4, -0.2) is 51.0 Å². The Kier molecular flexibility index (Phi) is 6.65. The van der Waals surface area contributed by atoms with Crippen molar-refractivity contribution in [3.8, 4) is 5.75 Å². The van der Waals surface area contributed by atoms with Crippen LogP contribution in [0.25, 0.3) is 0 Å². The fourth-order valence-electron chi connectivity index (χ4n) is 4.28. The van der Waals surface area contributed by atoms with Gasteiger partial charge < -0.3 is 14.4 Å². The smallest absolute Gasteiger partial charge is 0.425 e. The lowest BCUT2D eigenvalue weighted by Crippen LogP contribution is -2.32. The Bertz CT molecular complexity index is 1190. The first-order valence-corrected chi connectivity index (χ1v) is 12.9. The summed E-state index contributed by atoms with van der Waals surface area (Å²) in [5.41, 5.74) is 2.90. The molecule has 0 bridgehead atoms. The number of carbonyl (C=O) groups excluding carboxylic acids is 1. The highest BCUT2D eigenvalue weighted by atomic mass is 32.2. The highest BCUT2D eigenvalue weighted by molar-refractivity contribution is 7.90. The van der Waals surface area contributed by atoms with Crippen LogP contribution in [0.4, 0.5) is 13.2 Å². The van der Waals surface area contributed by atoms with Gasteiger partial charge in [0.15, 0.2) is 15.9 Å². The molecule has 2 aliphatic heterocycles. The summed E-state index contributed by atoms with van der Waals surface area (Å²) in [5, 5.41) is 0. The third-order valence-corrected chi connectivity index (χ3v) is 7.42. The SMILES string of the molecule is C[C@H](Oc1ccc(S([11CH3])(=O)=O)cc1C(=O)N1Cc2ccc(C3CCOCC3)cc2C1)C(F)(F)F. The molecule has 1 atom stereocenters. The summed E-state index contributed by atoms with van der Waals surface area (Å²) in [4.78, 5) is 14.7. The van der Waals surface area contributed by atoms with Crippen molar-refractivity contribution in [1.82, 2.24) is 4.90 Å². The predicted molar refractivity (Wildman–Crippen MR) is 119 cm³/mol. The highest BCUT2D eigenvalue weighted by Crippen LogP contribution is 2.34. The number of amides is 1. The average Bonchev–Trinajstić information content (AvgIpc) is 3.21. The van der Waals surface area contributed by atoms with Crippen LogP contribution in [0.15, 0.2) is 41.3 Å². The minimum absolute atomic E-state index is 0.165. The Morgan fingerprint density at radius 1 is 1.09 bits per heavy atom. The van der Waals surface area contributed by atoms with Crippen LogP contribution in [-0.2, 0) is 27.7 Å². The molecule has 2 aromatic carbocycles. The molecule has 1 fully saturated rings. The predicted octanol–water partition coefficient (Wildman–Crippen LogP) is 4.47. The molecule has 1 amide bonds. The van der Waals surface area contributed by atoms with Gasteiger partial charge in [-0.25, -0.2) is 8.42 Å². The maximum Gasteiger partial charge on any atom is 0.425 e. The molecule has 10 heteroatoms. The van der Waals surface area contributed by atoms with E-state index in [1.54, 1.807) is 0 Å². The Morgan fingerprint density at radius 2 is 1.76 bits per heavy atom. The first-order valence-electron chi connectivity index (χ1n) is 11.0. The molecule has 0 aliphatic carbocycles. The molecular weight excluding hydrogens is 470 g/mol. The van der Waals surface area contributed by atoms with Crippen LogP contribution in [0.3, 0.4) is 0 Å². The highest BCUT2D eigenvalue weighted by Gasteiger charge is 2.39. The van der Waals surface area contributed by atoms with Gasteiger partial charge in [0.05, 0.1) is 10.5 Å². The zero-order chi connectivity index (χ0) is 24.7. The van der Waals surface area contributed by atoms with E-state index in [0.717, 1.165) is 55.3 Å². The molecule has 0 spiro atoms. The van der Waals surface area contributed by atoms with E-state index in [0.29, 0.717) is 19.1 Å². The summed E-state index contributed by atoms with van der Waals surface area (Å²) < 4.78 is 73.8. The molecule has 0 N–H and O–H groups in total. The largest absolute Gasteiger partial charge is 0.480 e. The first-order chi connectivity index (χ1) is 15.9. The molecule has 0 radical (unpaired) electrons.